The molecule has 5 aromatic rings. The van der Waals surface area contributed by atoms with Crippen LogP contribution >= 0.6 is 11.3 Å². The van der Waals surface area contributed by atoms with Crippen molar-refractivity contribution in [3.05, 3.63) is 48.0 Å². The molecule has 0 spiro atoms. The maximum Gasteiger partial charge on any atom is 1.00 e. The van der Waals surface area contributed by atoms with Crippen molar-refractivity contribution in [2.24, 2.45) is 20.5 Å². The number of fused-ring (bicyclic) bond motifs is 2. The Bertz CT molecular complexity index is 2880. The van der Waals surface area contributed by atoms with Gasteiger partial charge in [0.05, 0.1) is 60.9 Å². The first-order chi connectivity index (χ1) is 25.0. The summed E-state index contributed by atoms with van der Waals surface area (Å²) in [6, 6.07) is 7.25. The second kappa shape index (κ2) is 21.4. The van der Waals surface area contributed by atoms with Crippen LogP contribution in [0.15, 0.2) is 77.6 Å². The van der Waals surface area contributed by atoms with Crippen molar-refractivity contribution >= 4 is 101 Å². The number of rotatable bonds is 13. The van der Waals surface area contributed by atoms with Crippen LogP contribution in [0, 0.1) is 6.92 Å². The van der Waals surface area contributed by atoms with E-state index in [1.165, 1.54) is 32.2 Å². The summed E-state index contributed by atoms with van der Waals surface area (Å²) in [5, 5.41) is 28.0. The van der Waals surface area contributed by atoms with Crippen LogP contribution < -0.4 is 139 Å². The quantitative estimate of drug-likeness (QED) is 0.0364. The van der Waals surface area contributed by atoms with Gasteiger partial charge in [0.15, 0.2) is 0 Å². The smallest absolute Gasteiger partial charge is 0.871 e. The molecule has 0 bridgehead atoms. The van der Waals surface area contributed by atoms with E-state index in [9.17, 15) is 57.0 Å². The summed E-state index contributed by atoms with van der Waals surface area (Å²) in [6.07, 6.45) is -0.295. The molecule has 0 aliphatic rings. The summed E-state index contributed by atoms with van der Waals surface area (Å²) >= 11 is 0.954. The Morgan fingerprint density at radius 1 is 0.793 bits per heavy atom. The number of hydrogen-bond acceptors (Lipinski definition) is 21. The van der Waals surface area contributed by atoms with Gasteiger partial charge in [-0.2, -0.15) is 8.42 Å². The minimum atomic E-state index is -5.56. The van der Waals surface area contributed by atoms with E-state index < -0.39 is 95.4 Å². The molecule has 0 saturated carbocycles. The molecular weight excluding hydrogens is 913 g/mol. The third-order valence-electron chi connectivity index (χ3n) is 7.23. The molecule has 0 amide bonds. The number of ether oxygens (including phenoxy) is 2. The monoisotopic (exact) mass is 934 g/mol. The Morgan fingerprint density at radius 2 is 1.41 bits per heavy atom. The molecule has 0 fully saturated rings. The number of nitrogens with zero attached hydrogens (tertiary/aromatic N) is 5. The molecule has 1 aromatic heterocycles. The Kier molecular flexibility index (Phi) is 20.4. The SMILES string of the molecule is COc1cc2sc(N=Nc3cc(OCCCS(=O)(=O)[O-])c(N=Nc4c(S(=O)(=O)[O-])cc5c(S(=O)(=O)O)c(N)ccc5c4[O-])cc3C)nc2cc1S(=O)(=O)[O-].[Na+].[Na+].[Na+].[Na+]. The van der Waals surface area contributed by atoms with Crippen LogP contribution in [0.25, 0.3) is 21.0 Å². The van der Waals surface area contributed by atoms with E-state index in [4.69, 9.17) is 15.2 Å². The average molecular weight is 935 g/mol. The molecule has 58 heavy (non-hydrogen) atoms. The van der Waals surface area contributed by atoms with E-state index in [2.05, 4.69) is 25.4 Å². The second-order valence-corrected chi connectivity index (χ2v) is 17.5. The Labute approximate surface area is 423 Å². The molecule has 0 saturated heterocycles. The van der Waals surface area contributed by atoms with Crippen LogP contribution in [0.2, 0.25) is 0 Å². The molecule has 5 rings (SSSR count). The minimum Gasteiger partial charge on any atom is -0.871 e. The molecule has 30 heteroatoms. The largest absolute Gasteiger partial charge is 1.00 e. The van der Waals surface area contributed by atoms with Crippen LogP contribution in [0.5, 0.6) is 17.2 Å². The fraction of sp³-hybridized carbons (Fsp3) is 0.179. The molecule has 288 valence electrons. The Morgan fingerprint density at radius 3 is 1.98 bits per heavy atom. The summed E-state index contributed by atoms with van der Waals surface area (Å²) in [4.78, 5) is 1.20. The predicted octanol–water partition coefficient (Wildman–Crippen LogP) is -8.36. The number of aryl methyl sites for hydroxylation is 1. The van der Waals surface area contributed by atoms with Crippen molar-refractivity contribution < 1.29 is 185 Å². The van der Waals surface area contributed by atoms with E-state index in [1.54, 1.807) is 0 Å². The van der Waals surface area contributed by atoms with Crippen molar-refractivity contribution in [3.8, 4) is 17.2 Å². The van der Waals surface area contributed by atoms with Gasteiger partial charge in [0.25, 0.3) is 10.1 Å². The fourth-order valence-electron chi connectivity index (χ4n) is 4.87. The summed E-state index contributed by atoms with van der Waals surface area (Å²) in [6.45, 7) is 1.11. The van der Waals surface area contributed by atoms with Gasteiger partial charge in [0.1, 0.15) is 42.3 Å². The van der Waals surface area contributed by atoms with Crippen LogP contribution in [0.1, 0.15) is 12.0 Å². The van der Waals surface area contributed by atoms with Crippen molar-refractivity contribution in [3.63, 3.8) is 0 Å². The van der Waals surface area contributed by atoms with Gasteiger partial charge in [-0.3, -0.25) is 4.55 Å². The van der Waals surface area contributed by atoms with Crippen molar-refractivity contribution in [1.29, 1.82) is 0 Å². The number of hydrogen-bond donors (Lipinski definition) is 2. The van der Waals surface area contributed by atoms with Crippen molar-refractivity contribution in [2.75, 3.05) is 25.2 Å². The Hall–Kier alpha value is -0.930. The molecule has 0 aliphatic carbocycles. The second-order valence-electron chi connectivity index (χ2n) is 11.0. The number of benzene rings is 4. The van der Waals surface area contributed by atoms with Crippen LogP contribution in [0.4, 0.5) is 27.9 Å². The number of thiazole rings is 1. The number of azo groups is 2. The summed E-state index contributed by atoms with van der Waals surface area (Å²) < 4.78 is 150. The standard InChI is InChI=1S/C28H26N6O15S5.4Na/c1-13-8-18(32-33-25-24(53(42,43)44)9-15-14(26(25)35)4-5-16(29)27(15)54(45,46)47)20(49-6-3-7-51(36,37)38)10-17(13)31-34-28-30-19-11-23(52(39,40)41)21(48-2)12-22(19)50-28;;;;/h4-5,8-12,35H,3,6-7,29H2,1-2H3,(H,36,37,38)(H,39,40,41)(H,42,43,44)(H,45,46,47);;;;/q;4*+1/p-4. The van der Waals surface area contributed by atoms with Gasteiger partial charge in [0.2, 0.25) is 5.13 Å². The number of nitrogens with two attached hydrogens (primary N) is 1. The molecule has 0 atom stereocenters. The summed E-state index contributed by atoms with van der Waals surface area (Å²) in [5.74, 6) is -2.52. The van der Waals surface area contributed by atoms with Gasteiger partial charge >= 0.3 is 118 Å². The van der Waals surface area contributed by atoms with Gasteiger partial charge in [-0.05, 0) is 48.6 Å². The van der Waals surface area contributed by atoms with E-state index in [0.29, 0.717) is 10.8 Å². The Balaban J connectivity index is 0.00000420. The molecule has 3 N–H and O–H groups in total. The fourth-order valence-corrected chi connectivity index (χ4v) is 8.23. The van der Waals surface area contributed by atoms with Gasteiger partial charge in [-0.1, -0.05) is 23.2 Å². The first-order valence-corrected chi connectivity index (χ1v) is 21.1. The molecular formula is C28H22N6Na4O15S5. The summed E-state index contributed by atoms with van der Waals surface area (Å²) in [5.41, 5.74) is 4.27. The van der Waals surface area contributed by atoms with E-state index >= 15 is 0 Å². The normalized spacial score (nSPS) is 12.2. The third-order valence-corrected chi connectivity index (χ3v) is 11.6. The first-order valence-electron chi connectivity index (χ1n) is 14.5. The molecule has 21 nitrogen and oxygen atoms in total. The van der Waals surface area contributed by atoms with E-state index in [0.717, 1.165) is 29.5 Å². The zero-order valence-corrected chi connectivity index (χ0v) is 43.3. The number of aromatic nitrogens is 1. The maximum absolute atomic E-state index is 13.4. The predicted molar refractivity (Wildman–Crippen MR) is 184 cm³/mol. The van der Waals surface area contributed by atoms with Gasteiger partial charge in [-0.15, -0.1) is 20.5 Å². The molecule has 0 aliphatic heterocycles. The van der Waals surface area contributed by atoms with E-state index in [1.807, 2.05) is 0 Å². The summed E-state index contributed by atoms with van der Waals surface area (Å²) in [7, 11) is -19.1. The zero-order chi connectivity index (χ0) is 40.0. The molecule has 1 heterocycles. The third kappa shape index (κ3) is 13.3. The first kappa shape index (κ1) is 55.1. The molecule has 4 aromatic carbocycles. The number of methoxy groups -OCH3 is 1. The van der Waals surface area contributed by atoms with Gasteiger partial charge < -0.3 is 34.0 Å². The van der Waals surface area contributed by atoms with Crippen molar-refractivity contribution in [2.45, 2.75) is 28.0 Å². The van der Waals surface area contributed by atoms with Crippen molar-refractivity contribution in [1.82, 2.24) is 4.98 Å². The topological polar surface area (TPSA) is 356 Å². The zero-order valence-electron chi connectivity index (χ0n) is 31.2. The number of anilines is 1. The minimum absolute atomic E-state index is 0. The van der Waals surface area contributed by atoms with E-state index in [-0.39, 0.29) is 164 Å². The van der Waals surface area contributed by atoms with Gasteiger partial charge in [-0.25, -0.2) is 30.2 Å². The molecule has 0 unspecified atom stereocenters. The van der Waals surface area contributed by atoms with Gasteiger partial charge in [0, 0.05) is 23.3 Å². The number of nitrogen functional groups attached to an aromatic ring is 1. The van der Waals surface area contributed by atoms with Crippen LogP contribution in [0.3, 0.4) is 0 Å². The average Bonchev–Trinajstić information content (AvgIpc) is 3.45. The molecule has 0 radical (unpaired) electrons. The maximum atomic E-state index is 13.4. The van der Waals surface area contributed by atoms with Crippen LogP contribution in [-0.2, 0) is 40.5 Å². The van der Waals surface area contributed by atoms with Crippen LogP contribution in [-0.4, -0.2) is 76.3 Å².